The first-order valence-corrected chi connectivity index (χ1v) is 11.4. The van der Waals surface area contributed by atoms with Crippen LogP contribution in [0.25, 0.3) is 0 Å². The maximum atomic E-state index is 13.1. The Morgan fingerprint density at radius 3 is 2.32 bits per heavy atom. The van der Waals surface area contributed by atoms with Crippen LogP contribution in [0.5, 0.6) is 11.5 Å². The molecule has 0 spiro atoms. The molecule has 2 aliphatic rings. The number of carbonyl (C=O) groups excluding carboxylic acids is 2. The van der Waals surface area contributed by atoms with E-state index in [1.165, 1.54) is 0 Å². The van der Waals surface area contributed by atoms with E-state index in [4.69, 9.17) is 19.2 Å². The largest absolute Gasteiger partial charge is 0.497 e. The molecule has 34 heavy (non-hydrogen) atoms. The number of rotatable bonds is 6. The van der Waals surface area contributed by atoms with Crippen LogP contribution < -0.4 is 19.7 Å². The molecule has 9 heteroatoms. The van der Waals surface area contributed by atoms with Crippen LogP contribution in [-0.4, -0.2) is 69.7 Å². The Labute approximate surface area is 199 Å². The molecule has 0 aliphatic carbocycles. The number of hydrogen-bond acceptors (Lipinski definition) is 8. The third-order valence-electron chi connectivity index (χ3n) is 6.09. The Hall–Kier alpha value is -3.75. The Morgan fingerprint density at radius 2 is 1.68 bits per heavy atom. The molecule has 0 bridgehead atoms. The lowest BCUT2D eigenvalue weighted by atomic mass is 9.91. The van der Waals surface area contributed by atoms with Crippen LogP contribution in [0.2, 0.25) is 0 Å². The molecule has 1 amide bonds. The van der Waals surface area contributed by atoms with Gasteiger partial charge in [-0.3, -0.25) is 14.9 Å². The lowest BCUT2D eigenvalue weighted by Crippen LogP contribution is -2.57. The second-order valence-electron chi connectivity index (χ2n) is 8.07. The molecule has 1 fully saturated rings. The van der Waals surface area contributed by atoms with Gasteiger partial charge in [-0.05, 0) is 36.8 Å². The van der Waals surface area contributed by atoms with E-state index in [-0.39, 0.29) is 6.61 Å². The summed E-state index contributed by atoms with van der Waals surface area (Å²) in [6.45, 7) is 4.79. The first-order chi connectivity index (χ1) is 16.5. The van der Waals surface area contributed by atoms with Gasteiger partial charge in [-0.2, -0.15) is 0 Å². The fraction of sp³-hybridized carbons (Fsp3) is 0.400. The molecule has 2 aromatic carbocycles. The van der Waals surface area contributed by atoms with Crippen molar-refractivity contribution in [3.05, 3.63) is 54.1 Å². The maximum absolute atomic E-state index is 13.1. The topological polar surface area (TPSA) is 92.7 Å². The molecule has 9 nitrogen and oxygen atoms in total. The highest BCUT2D eigenvalue weighted by Gasteiger charge is 2.42. The van der Waals surface area contributed by atoms with Crippen molar-refractivity contribution in [1.82, 2.24) is 10.2 Å². The normalized spacial score (nSPS) is 20.3. The number of anilines is 1. The minimum Gasteiger partial charge on any atom is -0.497 e. The Morgan fingerprint density at radius 1 is 1.00 bits per heavy atom. The van der Waals surface area contributed by atoms with Crippen molar-refractivity contribution < 1.29 is 23.8 Å². The van der Waals surface area contributed by atoms with Crippen molar-refractivity contribution >= 4 is 23.5 Å². The average Bonchev–Trinajstić information content (AvgIpc) is 2.88. The fourth-order valence-electron chi connectivity index (χ4n) is 4.25. The van der Waals surface area contributed by atoms with E-state index in [0.29, 0.717) is 24.8 Å². The monoisotopic (exact) mass is 466 g/mol. The summed E-state index contributed by atoms with van der Waals surface area (Å²) in [4.78, 5) is 34.8. The van der Waals surface area contributed by atoms with E-state index in [0.717, 1.165) is 30.1 Å². The molecule has 180 valence electrons. The van der Waals surface area contributed by atoms with Crippen LogP contribution in [0, 0.1) is 5.92 Å². The molecule has 2 aliphatic heterocycles. The molecule has 1 saturated heterocycles. The van der Waals surface area contributed by atoms with E-state index < -0.39 is 23.8 Å². The highest BCUT2D eigenvalue weighted by atomic mass is 16.5. The van der Waals surface area contributed by atoms with Crippen molar-refractivity contribution in [3.63, 3.8) is 0 Å². The summed E-state index contributed by atoms with van der Waals surface area (Å²) >= 11 is 0. The van der Waals surface area contributed by atoms with Crippen LogP contribution in [0.15, 0.2) is 53.5 Å². The molecule has 0 unspecified atom stereocenters. The third-order valence-corrected chi connectivity index (χ3v) is 6.09. The molecule has 2 heterocycles. The van der Waals surface area contributed by atoms with Crippen LogP contribution >= 0.6 is 0 Å². The number of aliphatic imine (C=N–C) groups is 1. The van der Waals surface area contributed by atoms with Crippen LogP contribution in [0.4, 0.5) is 5.69 Å². The van der Waals surface area contributed by atoms with Gasteiger partial charge < -0.3 is 24.0 Å². The Kier molecular flexibility index (Phi) is 7.20. The highest BCUT2D eigenvalue weighted by molar-refractivity contribution is 6.08. The molecular weight excluding hydrogens is 436 g/mol. The number of nitrogens with one attached hydrogen (secondary N) is 1. The lowest BCUT2D eigenvalue weighted by molar-refractivity contribution is -0.153. The van der Waals surface area contributed by atoms with Gasteiger partial charge in [0, 0.05) is 37.9 Å². The molecular formula is C25H30N4O5. The minimum atomic E-state index is -1.05. The number of carbonyl (C=O) groups is 2. The average molecular weight is 467 g/mol. The highest BCUT2D eigenvalue weighted by Crippen LogP contribution is 2.32. The summed E-state index contributed by atoms with van der Waals surface area (Å²) in [6, 6.07) is 14.5. The van der Waals surface area contributed by atoms with Gasteiger partial charge >= 0.3 is 5.97 Å². The molecule has 2 atom stereocenters. The summed E-state index contributed by atoms with van der Waals surface area (Å²) in [5.41, 5.74) is 1.84. The van der Waals surface area contributed by atoms with Crippen molar-refractivity contribution in [3.8, 4) is 11.5 Å². The van der Waals surface area contributed by atoms with E-state index in [1.54, 1.807) is 33.3 Å². The van der Waals surface area contributed by atoms with Crippen LogP contribution in [0.1, 0.15) is 18.5 Å². The number of benzene rings is 2. The van der Waals surface area contributed by atoms with Gasteiger partial charge in [-0.25, -0.2) is 4.99 Å². The number of nitrogens with zero attached hydrogens (tertiary/aromatic N) is 3. The summed E-state index contributed by atoms with van der Waals surface area (Å²) < 4.78 is 15.8. The molecule has 0 saturated carbocycles. The lowest BCUT2D eigenvalue weighted by Gasteiger charge is -2.39. The zero-order chi connectivity index (χ0) is 24.1. The molecule has 1 N–H and O–H groups in total. The molecule has 4 rings (SSSR count). The number of piperazine rings is 1. The smallest absolute Gasteiger partial charge is 0.321 e. The van der Waals surface area contributed by atoms with E-state index >= 15 is 0 Å². The molecule has 0 radical (unpaired) electrons. The number of amides is 1. The van der Waals surface area contributed by atoms with Gasteiger partial charge in [0.1, 0.15) is 17.5 Å². The van der Waals surface area contributed by atoms with Gasteiger partial charge in [0.2, 0.25) is 11.9 Å². The molecule has 0 aromatic heterocycles. The summed E-state index contributed by atoms with van der Waals surface area (Å²) in [5, 5.41) is 2.84. The van der Waals surface area contributed by atoms with Gasteiger partial charge in [-0.1, -0.05) is 18.2 Å². The summed E-state index contributed by atoms with van der Waals surface area (Å²) in [5.74, 6) is -0.0384. The number of esters is 1. The first-order valence-electron chi connectivity index (χ1n) is 11.4. The third kappa shape index (κ3) is 4.93. The second-order valence-corrected chi connectivity index (χ2v) is 8.07. The summed E-state index contributed by atoms with van der Waals surface area (Å²) in [6.07, 6.45) is 0. The summed E-state index contributed by atoms with van der Waals surface area (Å²) in [7, 11) is 3.25. The molecule has 2 aromatic rings. The zero-order valence-corrected chi connectivity index (χ0v) is 19.7. The van der Waals surface area contributed by atoms with Gasteiger partial charge in [-0.15, -0.1) is 0 Å². The van der Waals surface area contributed by atoms with Crippen molar-refractivity contribution in [1.29, 1.82) is 0 Å². The zero-order valence-electron chi connectivity index (χ0n) is 19.7. The standard InChI is InChI=1S/C25H30N4O5/c1-4-34-24(31)21-22(17-8-10-19(32-2)11-9-17)26-25(27-23(21)30)29-14-12-28(13-15-29)18-6-5-7-20(16-18)33-3/h5-11,16,21-22H,4,12-15H2,1-3H3,(H,26,27,30)/t21-,22+/m0/s1. The SMILES string of the molecule is CCOC(=O)[C@@H]1C(=O)NC(N2CCN(c3cccc(OC)c3)CC2)=N[C@@H]1c1ccc(OC)cc1. The van der Waals surface area contributed by atoms with Gasteiger partial charge in [0.15, 0.2) is 5.92 Å². The number of hydrogen-bond donors (Lipinski definition) is 1. The van der Waals surface area contributed by atoms with Crippen molar-refractivity contribution in [2.24, 2.45) is 10.9 Å². The van der Waals surface area contributed by atoms with Gasteiger partial charge in [0.25, 0.3) is 0 Å². The van der Waals surface area contributed by atoms with E-state index in [2.05, 4.69) is 16.3 Å². The number of ether oxygens (including phenoxy) is 3. The second kappa shape index (κ2) is 10.5. The number of methoxy groups -OCH3 is 2. The minimum absolute atomic E-state index is 0.195. The van der Waals surface area contributed by atoms with Gasteiger partial charge in [0.05, 0.1) is 20.8 Å². The van der Waals surface area contributed by atoms with Crippen molar-refractivity contribution in [2.75, 3.05) is 51.9 Å². The van der Waals surface area contributed by atoms with Crippen LogP contribution in [-0.2, 0) is 14.3 Å². The van der Waals surface area contributed by atoms with E-state index in [9.17, 15) is 9.59 Å². The Bertz CT molecular complexity index is 1050. The maximum Gasteiger partial charge on any atom is 0.321 e. The first kappa shape index (κ1) is 23.4. The number of guanidine groups is 1. The quantitative estimate of drug-likeness (QED) is 0.516. The predicted octanol–water partition coefficient (Wildman–Crippen LogP) is 2.23. The predicted molar refractivity (Wildman–Crippen MR) is 128 cm³/mol. The fourth-order valence-corrected chi connectivity index (χ4v) is 4.25. The van der Waals surface area contributed by atoms with Crippen molar-refractivity contribution in [2.45, 2.75) is 13.0 Å². The Balaban J connectivity index is 1.55. The van der Waals surface area contributed by atoms with Crippen LogP contribution in [0.3, 0.4) is 0 Å². The van der Waals surface area contributed by atoms with E-state index in [1.807, 2.05) is 35.2 Å².